The first-order chi connectivity index (χ1) is 14.2. The zero-order chi connectivity index (χ0) is 21.5. The Morgan fingerprint density at radius 1 is 1.23 bits per heavy atom. The van der Waals surface area contributed by atoms with Crippen molar-refractivity contribution in [2.45, 2.75) is 32.2 Å². The maximum Gasteiger partial charge on any atom is 0.383 e. The Balaban J connectivity index is 1.44. The van der Waals surface area contributed by atoms with Gasteiger partial charge in [0, 0.05) is 31.4 Å². The van der Waals surface area contributed by atoms with Gasteiger partial charge in [-0.1, -0.05) is 0 Å². The number of benzene rings is 1. The molecule has 0 bridgehead atoms. The number of nitrogens with zero attached hydrogens (tertiary/aromatic N) is 6. The van der Waals surface area contributed by atoms with E-state index in [-0.39, 0.29) is 23.5 Å². The topological polar surface area (TPSA) is 102 Å². The van der Waals surface area contributed by atoms with Gasteiger partial charge in [0.1, 0.15) is 17.8 Å². The SMILES string of the molecule is C[C@](O)(CN1CCn2cc(-c3ccc(F)cc3)nc2C1)Cn1cc([N+](=O)[O-])nc1Cl. The van der Waals surface area contributed by atoms with Crippen LogP contribution in [-0.2, 0) is 19.6 Å². The Morgan fingerprint density at radius 3 is 2.63 bits per heavy atom. The number of nitro groups is 1. The quantitative estimate of drug-likeness (QED) is 0.472. The summed E-state index contributed by atoms with van der Waals surface area (Å²) >= 11 is 5.96. The third-order valence-corrected chi connectivity index (χ3v) is 5.30. The Hall–Kier alpha value is -2.82. The van der Waals surface area contributed by atoms with Crippen LogP contribution in [0.25, 0.3) is 11.3 Å². The molecule has 30 heavy (non-hydrogen) atoms. The second-order valence-electron chi connectivity index (χ2n) is 7.70. The van der Waals surface area contributed by atoms with Gasteiger partial charge in [-0.2, -0.15) is 0 Å². The minimum absolute atomic E-state index is 0.0416. The van der Waals surface area contributed by atoms with E-state index in [1.165, 1.54) is 22.9 Å². The maximum absolute atomic E-state index is 13.2. The van der Waals surface area contributed by atoms with E-state index in [4.69, 9.17) is 11.6 Å². The summed E-state index contributed by atoms with van der Waals surface area (Å²) in [5, 5.41) is 21.7. The predicted octanol–water partition coefficient (Wildman–Crippen LogP) is 2.71. The molecule has 0 radical (unpaired) electrons. The number of rotatable bonds is 6. The molecule has 0 aliphatic carbocycles. The van der Waals surface area contributed by atoms with Gasteiger partial charge in [-0.25, -0.2) is 9.37 Å². The van der Waals surface area contributed by atoms with Crippen LogP contribution in [0, 0.1) is 15.9 Å². The lowest BCUT2D eigenvalue weighted by molar-refractivity contribution is -0.389. The second-order valence-corrected chi connectivity index (χ2v) is 8.04. The van der Waals surface area contributed by atoms with Crippen LogP contribution in [0.5, 0.6) is 0 Å². The largest absolute Gasteiger partial charge is 0.387 e. The average Bonchev–Trinajstić information content (AvgIpc) is 3.25. The van der Waals surface area contributed by atoms with Crippen LogP contribution in [0.3, 0.4) is 0 Å². The molecule has 1 aromatic carbocycles. The first kappa shape index (κ1) is 20.5. The fourth-order valence-electron chi connectivity index (χ4n) is 3.67. The van der Waals surface area contributed by atoms with Crippen molar-refractivity contribution >= 4 is 17.4 Å². The van der Waals surface area contributed by atoms with Gasteiger partial charge in [0.05, 0.1) is 24.4 Å². The Kier molecular flexibility index (Phi) is 5.31. The number of hydrogen-bond donors (Lipinski definition) is 1. The number of imidazole rings is 2. The summed E-state index contributed by atoms with van der Waals surface area (Å²) in [6.07, 6.45) is 3.16. The van der Waals surface area contributed by atoms with Crippen LogP contribution in [0.4, 0.5) is 10.2 Å². The highest BCUT2D eigenvalue weighted by Crippen LogP contribution is 2.24. The molecule has 1 aliphatic rings. The van der Waals surface area contributed by atoms with Gasteiger partial charge >= 0.3 is 11.1 Å². The molecule has 0 saturated carbocycles. The van der Waals surface area contributed by atoms with Crippen molar-refractivity contribution in [3.63, 3.8) is 0 Å². The average molecular weight is 435 g/mol. The first-order valence-corrected chi connectivity index (χ1v) is 9.72. The molecule has 158 valence electrons. The Morgan fingerprint density at radius 2 is 1.97 bits per heavy atom. The Labute approximate surface area is 176 Å². The zero-order valence-electron chi connectivity index (χ0n) is 16.2. The third-order valence-electron chi connectivity index (χ3n) is 5.00. The van der Waals surface area contributed by atoms with Gasteiger partial charge in [0.15, 0.2) is 0 Å². The van der Waals surface area contributed by atoms with Crippen molar-refractivity contribution in [1.82, 2.24) is 24.0 Å². The van der Waals surface area contributed by atoms with E-state index in [9.17, 15) is 19.6 Å². The smallest absolute Gasteiger partial charge is 0.383 e. The minimum Gasteiger partial charge on any atom is -0.387 e. The van der Waals surface area contributed by atoms with Crippen molar-refractivity contribution in [1.29, 1.82) is 0 Å². The zero-order valence-corrected chi connectivity index (χ0v) is 17.0. The number of β-amino-alcohol motifs (C(OH)–C–C–N with tert-alkyl or cyclic N) is 1. The van der Waals surface area contributed by atoms with Gasteiger partial charge < -0.3 is 19.8 Å². The predicted molar refractivity (Wildman–Crippen MR) is 107 cm³/mol. The van der Waals surface area contributed by atoms with Crippen LogP contribution in [0.15, 0.2) is 36.7 Å². The minimum atomic E-state index is -1.19. The number of hydrogen-bond acceptors (Lipinski definition) is 6. The molecule has 0 spiro atoms. The monoisotopic (exact) mass is 434 g/mol. The molecular formula is C19H20ClFN6O3. The molecule has 9 nitrogen and oxygen atoms in total. The molecule has 1 atom stereocenters. The summed E-state index contributed by atoms with van der Waals surface area (Å²) in [5.74, 6) is 0.205. The van der Waals surface area contributed by atoms with Gasteiger partial charge in [0.2, 0.25) is 0 Å². The molecule has 0 saturated heterocycles. The molecule has 1 aliphatic heterocycles. The third kappa shape index (κ3) is 4.35. The molecule has 11 heteroatoms. The van der Waals surface area contributed by atoms with E-state index < -0.39 is 10.5 Å². The molecular weight excluding hydrogens is 415 g/mol. The van der Waals surface area contributed by atoms with Crippen molar-refractivity contribution in [3.8, 4) is 11.3 Å². The van der Waals surface area contributed by atoms with Gasteiger partial charge in [-0.05, 0) is 52.7 Å². The summed E-state index contributed by atoms with van der Waals surface area (Å²) in [4.78, 5) is 20.6. The highest BCUT2D eigenvalue weighted by atomic mass is 35.5. The summed E-state index contributed by atoms with van der Waals surface area (Å²) in [6.45, 7) is 4.00. The van der Waals surface area contributed by atoms with E-state index in [0.717, 1.165) is 17.1 Å². The van der Waals surface area contributed by atoms with Crippen LogP contribution < -0.4 is 0 Å². The van der Waals surface area contributed by atoms with Crippen LogP contribution in [0.2, 0.25) is 5.28 Å². The van der Waals surface area contributed by atoms with E-state index in [1.54, 1.807) is 19.1 Å². The lowest BCUT2D eigenvalue weighted by Crippen LogP contribution is -2.46. The molecule has 1 N–H and O–H groups in total. The molecule has 0 amide bonds. The Bertz CT molecular complexity index is 1080. The molecule has 4 rings (SSSR count). The summed E-state index contributed by atoms with van der Waals surface area (Å²) in [7, 11) is 0. The van der Waals surface area contributed by atoms with E-state index in [1.807, 2.05) is 6.20 Å². The first-order valence-electron chi connectivity index (χ1n) is 9.34. The molecule has 0 unspecified atom stereocenters. The van der Waals surface area contributed by atoms with E-state index >= 15 is 0 Å². The van der Waals surface area contributed by atoms with Crippen molar-refractivity contribution < 1.29 is 14.4 Å². The van der Waals surface area contributed by atoms with Crippen LogP contribution in [-0.4, -0.2) is 52.7 Å². The van der Waals surface area contributed by atoms with Gasteiger partial charge in [0.25, 0.3) is 0 Å². The maximum atomic E-state index is 13.2. The standard InChI is InChI=1S/C19H20ClFN6O3/c1-19(28,12-26-10-17(27(29)30)23-18(26)20)11-24-6-7-25-8-15(22-16(25)9-24)13-2-4-14(21)5-3-13/h2-5,8,10,28H,6-7,9,11-12H2,1H3/t19-/m0/s1. The summed E-state index contributed by atoms with van der Waals surface area (Å²) in [5.41, 5.74) is 0.427. The molecule has 3 heterocycles. The van der Waals surface area contributed by atoms with E-state index in [2.05, 4.69) is 19.4 Å². The van der Waals surface area contributed by atoms with Crippen molar-refractivity contribution in [3.05, 3.63) is 63.7 Å². The number of halogens is 2. The summed E-state index contributed by atoms with van der Waals surface area (Å²) in [6, 6.07) is 6.20. The van der Waals surface area contributed by atoms with Crippen LogP contribution >= 0.6 is 11.6 Å². The number of fused-ring (bicyclic) bond motifs is 1. The van der Waals surface area contributed by atoms with Crippen LogP contribution in [0.1, 0.15) is 12.7 Å². The highest BCUT2D eigenvalue weighted by Gasteiger charge is 2.30. The molecule has 3 aromatic rings. The molecule has 0 fully saturated rings. The summed E-state index contributed by atoms with van der Waals surface area (Å²) < 4.78 is 16.6. The number of aliphatic hydroxyl groups is 1. The fourth-order valence-corrected chi connectivity index (χ4v) is 3.87. The van der Waals surface area contributed by atoms with E-state index in [0.29, 0.717) is 26.2 Å². The number of aromatic nitrogens is 4. The molecule has 2 aromatic heterocycles. The fraction of sp³-hybridized carbons (Fsp3) is 0.368. The highest BCUT2D eigenvalue weighted by molar-refractivity contribution is 6.28. The second kappa shape index (κ2) is 7.78. The lowest BCUT2D eigenvalue weighted by Gasteiger charge is -2.34. The van der Waals surface area contributed by atoms with Crippen molar-refractivity contribution in [2.75, 3.05) is 13.1 Å². The van der Waals surface area contributed by atoms with Gasteiger partial charge in [-0.15, -0.1) is 0 Å². The van der Waals surface area contributed by atoms with Crippen molar-refractivity contribution in [2.24, 2.45) is 0 Å². The van der Waals surface area contributed by atoms with Gasteiger partial charge in [-0.3, -0.25) is 9.47 Å². The lowest BCUT2D eigenvalue weighted by atomic mass is 10.1. The normalized spacial score (nSPS) is 16.3.